The van der Waals surface area contributed by atoms with Crippen molar-refractivity contribution in [2.45, 2.75) is 0 Å². The summed E-state index contributed by atoms with van der Waals surface area (Å²) in [6.45, 7) is 0. The highest BCUT2D eigenvalue weighted by Crippen LogP contribution is 2.36. The molecule has 0 fully saturated rings. The van der Waals surface area contributed by atoms with Crippen molar-refractivity contribution >= 4 is 42.4 Å². The summed E-state index contributed by atoms with van der Waals surface area (Å²) in [5, 5.41) is 3.55. The van der Waals surface area contributed by atoms with Crippen molar-refractivity contribution in [3.63, 3.8) is 0 Å². The van der Waals surface area contributed by atoms with Crippen molar-refractivity contribution in [1.29, 1.82) is 0 Å². The fourth-order valence-corrected chi connectivity index (χ4v) is 7.13. The lowest BCUT2D eigenvalue weighted by molar-refractivity contribution is 1.07. The molecule has 9 aromatic rings. The average molecular weight is 620 g/mol. The van der Waals surface area contributed by atoms with Crippen molar-refractivity contribution in [2.24, 2.45) is 0 Å². The Kier molecular flexibility index (Phi) is 6.58. The predicted octanol–water partition coefficient (Wildman–Crippen LogP) is 10.5. The minimum absolute atomic E-state index is 0.626. The van der Waals surface area contributed by atoms with Gasteiger partial charge in [-0.2, -0.15) is 0 Å². The van der Waals surface area contributed by atoms with E-state index in [1.165, 1.54) is 20.2 Å². The van der Waals surface area contributed by atoms with Gasteiger partial charge in [-0.05, 0) is 35.4 Å². The lowest BCUT2D eigenvalue weighted by Gasteiger charge is -2.10. The Bertz CT molecular complexity index is 2520. The molecule has 0 aliphatic carbocycles. The summed E-state index contributed by atoms with van der Waals surface area (Å²) in [5.41, 5.74) is 6.83. The van der Waals surface area contributed by atoms with Gasteiger partial charge in [-0.25, -0.2) is 24.9 Å². The molecule has 0 spiro atoms. The molecular formula is C41H25N5S. The fourth-order valence-electron chi connectivity index (χ4n) is 5.98. The summed E-state index contributed by atoms with van der Waals surface area (Å²) in [7, 11) is 0. The largest absolute Gasteiger partial charge is 0.236 e. The summed E-state index contributed by atoms with van der Waals surface area (Å²) in [6, 6.07) is 49.8. The van der Waals surface area contributed by atoms with Crippen LogP contribution in [0.5, 0.6) is 0 Å². The Morgan fingerprint density at radius 2 is 0.936 bits per heavy atom. The van der Waals surface area contributed by atoms with Crippen LogP contribution in [0, 0.1) is 0 Å². The average Bonchev–Trinajstić information content (AvgIpc) is 3.53. The van der Waals surface area contributed by atoms with Crippen LogP contribution in [-0.2, 0) is 0 Å². The Labute approximate surface area is 275 Å². The third-order valence-corrected chi connectivity index (χ3v) is 9.51. The van der Waals surface area contributed by atoms with Gasteiger partial charge in [0.05, 0.1) is 5.52 Å². The Balaban J connectivity index is 1.10. The van der Waals surface area contributed by atoms with Crippen LogP contribution in [0.2, 0.25) is 0 Å². The first-order valence-corrected chi connectivity index (χ1v) is 16.2. The SMILES string of the molecule is c1ccc(-c2nc(-c3ccccc3)nc(-c3cccc(-c4ccc5cnc(-c6ccc7c(c6)sc6ccccc67)nc5c4)c3)n2)cc1. The molecule has 0 N–H and O–H groups in total. The van der Waals surface area contributed by atoms with Crippen LogP contribution in [0.3, 0.4) is 0 Å². The molecule has 0 bridgehead atoms. The molecule has 0 atom stereocenters. The van der Waals surface area contributed by atoms with Crippen molar-refractivity contribution in [3.8, 4) is 56.7 Å². The van der Waals surface area contributed by atoms with Gasteiger partial charge >= 0.3 is 0 Å². The molecule has 0 radical (unpaired) electrons. The first-order chi connectivity index (χ1) is 23.2. The molecule has 47 heavy (non-hydrogen) atoms. The molecule has 6 aromatic carbocycles. The van der Waals surface area contributed by atoms with Crippen LogP contribution in [0.15, 0.2) is 152 Å². The number of nitrogens with zero attached hydrogens (tertiary/aromatic N) is 5. The van der Waals surface area contributed by atoms with E-state index >= 15 is 0 Å². The topological polar surface area (TPSA) is 64.5 Å². The molecule has 0 aliphatic rings. The van der Waals surface area contributed by atoms with Crippen molar-refractivity contribution in [3.05, 3.63) is 152 Å². The number of benzene rings is 6. The zero-order chi connectivity index (χ0) is 31.2. The number of hydrogen-bond acceptors (Lipinski definition) is 6. The molecule has 0 saturated heterocycles. The third kappa shape index (κ3) is 5.11. The molecule has 5 nitrogen and oxygen atoms in total. The maximum Gasteiger partial charge on any atom is 0.164 e. The Morgan fingerprint density at radius 1 is 0.362 bits per heavy atom. The summed E-state index contributed by atoms with van der Waals surface area (Å²) < 4.78 is 2.53. The third-order valence-electron chi connectivity index (χ3n) is 8.37. The van der Waals surface area contributed by atoms with E-state index in [0.29, 0.717) is 17.5 Å². The van der Waals surface area contributed by atoms with Crippen LogP contribution in [0.25, 0.3) is 87.8 Å². The van der Waals surface area contributed by atoms with E-state index in [-0.39, 0.29) is 0 Å². The number of hydrogen-bond donors (Lipinski definition) is 0. The van der Waals surface area contributed by atoms with E-state index in [2.05, 4.69) is 78.9 Å². The minimum Gasteiger partial charge on any atom is -0.236 e. The molecule has 9 rings (SSSR count). The zero-order valence-electron chi connectivity index (χ0n) is 25.1. The van der Waals surface area contributed by atoms with Gasteiger partial charge in [0, 0.05) is 54.0 Å². The molecule has 0 unspecified atom stereocenters. The molecule has 0 saturated carbocycles. The number of aromatic nitrogens is 5. The Morgan fingerprint density at radius 3 is 1.70 bits per heavy atom. The number of thiophene rings is 1. The summed E-state index contributed by atoms with van der Waals surface area (Å²) in [5.74, 6) is 2.63. The van der Waals surface area contributed by atoms with Crippen molar-refractivity contribution in [2.75, 3.05) is 0 Å². The molecule has 0 aliphatic heterocycles. The van der Waals surface area contributed by atoms with Crippen molar-refractivity contribution < 1.29 is 0 Å². The first-order valence-electron chi connectivity index (χ1n) is 15.4. The monoisotopic (exact) mass is 619 g/mol. The highest BCUT2D eigenvalue weighted by molar-refractivity contribution is 7.25. The lowest BCUT2D eigenvalue weighted by Crippen LogP contribution is -2.00. The quantitative estimate of drug-likeness (QED) is 0.192. The summed E-state index contributed by atoms with van der Waals surface area (Å²) in [4.78, 5) is 24.4. The standard InChI is InChI=1S/C41H25N5S/c1-3-10-26(11-4-1)39-44-40(27-12-5-2-6-13-27)46-41(45-39)30-15-9-14-28(22-30)29-18-19-32-25-42-38(43-35(32)23-29)31-20-21-34-33-16-7-8-17-36(33)47-37(34)24-31/h1-25H. The maximum absolute atomic E-state index is 5.02. The second-order valence-electron chi connectivity index (χ2n) is 11.4. The zero-order valence-corrected chi connectivity index (χ0v) is 25.9. The van der Waals surface area contributed by atoms with Crippen LogP contribution < -0.4 is 0 Å². The molecule has 3 aromatic heterocycles. The van der Waals surface area contributed by atoms with Crippen LogP contribution in [0.1, 0.15) is 0 Å². The molecular weight excluding hydrogens is 595 g/mol. The van der Waals surface area contributed by atoms with Gasteiger partial charge in [-0.1, -0.05) is 121 Å². The number of rotatable bonds is 5. The highest BCUT2D eigenvalue weighted by atomic mass is 32.1. The normalized spacial score (nSPS) is 11.4. The lowest BCUT2D eigenvalue weighted by atomic mass is 10.0. The smallest absolute Gasteiger partial charge is 0.164 e. The van der Waals surface area contributed by atoms with E-state index in [9.17, 15) is 0 Å². The second-order valence-corrected chi connectivity index (χ2v) is 12.5. The van der Waals surface area contributed by atoms with Crippen molar-refractivity contribution in [1.82, 2.24) is 24.9 Å². The molecule has 220 valence electrons. The van der Waals surface area contributed by atoms with Gasteiger partial charge in [0.25, 0.3) is 0 Å². The van der Waals surface area contributed by atoms with E-state index in [1.54, 1.807) is 11.3 Å². The summed E-state index contributed by atoms with van der Waals surface area (Å²) >= 11 is 1.80. The molecule has 0 amide bonds. The maximum atomic E-state index is 5.02. The van der Waals surface area contributed by atoms with Gasteiger partial charge in [0.15, 0.2) is 23.3 Å². The van der Waals surface area contributed by atoms with E-state index < -0.39 is 0 Å². The van der Waals surface area contributed by atoms with Gasteiger partial charge in [-0.3, -0.25) is 0 Å². The van der Waals surface area contributed by atoms with Gasteiger partial charge < -0.3 is 0 Å². The van der Waals surface area contributed by atoms with E-state index in [1.807, 2.05) is 72.9 Å². The van der Waals surface area contributed by atoms with Gasteiger partial charge in [0.2, 0.25) is 0 Å². The van der Waals surface area contributed by atoms with Crippen LogP contribution >= 0.6 is 11.3 Å². The molecule has 3 heterocycles. The second kappa shape index (κ2) is 11.4. The predicted molar refractivity (Wildman–Crippen MR) is 193 cm³/mol. The van der Waals surface area contributed by atoms with Crippen LogP contribution in [-0.4, -0.2) is 24.9 Å². The first kappa shape index (κ1) is 27.2. The van der Waals surface area contributed by atoms with E-state index in [4.69, 9.17) is 24.9 Å². The van der Waals surface area contributed by atoms with Gasteiger partial charge in [0.1, 0.15) is 0 Å². The fraction of sp³-hybridized carbons (Fsp3) is 0. The minimum atomic E-state index is 0.626. The van der Waals surface area contributed by atoms with E-state index in [0.717, 1.165) is 50.1 Å². The van der Waals surface area contributed by atoms with Crippen LogP contribution in [0.4, 0.5) is 0 Å². The highest BCUT2D eigenvalue weighted by Gasteiger charge is 2.14. The summed E-state index contributed by atoms with van der Waals surface area (Å²) in [6.07, 6.45) is 1.91. The molecule has 6 heteroatoms. The Hall–Kier alpha value is -6.11. The number of fused-ring (bicyclic) bond motifs is 4. The van der Waals surface area contributed by atoms with Gasteiger partial charge in [-0.15, -0.1) is 11.3 Å².